The van der Waals surface area contributed by atoms with Crippen molar-refractivity contribution in [3.8, 4) is 23.0 Å². The predicted octanol–water partition coefficient (Wildman–Crippen LogP) is 7.93. The summed E-state index contributed by atoms with van der Waals surface area (Å²) in [7, 11) is 0. The van der Waals surface area contributed by atoms with E-state index in [4.69, 9.17) is 42.3 Å². The van der Waals surface area contributed by atoms with Crippen LogP contribution in [0, 0.1) is 0 Å². The van der Waals surface area contributed by atoms with Crippen LogP contribution in [0.1, 0.15) is 33.3 Å². The van der Waals surface area contributed by atoms with Gasteiger partial charge in [-0.15, -0.1) is 0 Å². The van der Waals surface area contributed by atoms with E-state index in [2.05, 4.69) is 5.16 Å². The van der Waals surface area contributed by atoms with Crippen LogP contribution in [0.4, 0.5) is 0 Å². The predicted molar refractivity (Wildman–Crippen MR) is 133 cm³/mol. The first-order chi connectivity index (χ1) is 15.7. The normalized spacial score (nSPS) is 11.8. The zero-order chi connectivity index (χ0) is 23.8. The van der Waals surface area contributed by atoms with Crippen molar-refractivity contribution in [3.05, 3.63) is 82.3 Å². The van der Waals surface area contributed by atoms with Crippen LogP contribution in [0.2, 0.25) is 10.0 Å². The molecule has 0 aliphatic rings. The standard InChI is InChI=1S/C26H27Cl2NO4/c1-18(29-33-26(2,3)4)16-30-22-14-23(27)25(24(28)15-22)32-21-12-10-20(11-13-21)31-17-19-8-6-5-7-9-19/h5-15H,16-17H2,1-4H3. The molecule has 0 atom stereocenters. The zero-order valence-corrected chi connectivity index (χ0v) is 20.6. The molecule has 5 nitrogen and oxygen atoms in total. The number of oxime groups is 1. The Kier molecular flexibility index (Phi) is 8.48. The maximum absolute atomic E-state index is 6.40. The minimum Gasteiger partial charge on any atom is -0.489 e. The first kappa shape index (κ1) is 24.7. The summed E-state index contributed by atoms with van der Waals surface area (Å²) in [5.74, 6) is 2.18. The van der Waals surface area contributed by atoms with E-state index >= 15 is 0 Å². The number of rotatable bonds is 9. The van der Waals surface area contributed by atoms with Gasteiger partial charge in [-0.2, -0.15) is 0 Å². The number of benzene rings is 3. The summed E-state index contributed by atoms with van der Waals surface area (Å²) in [6, 6.07) is 20.5. The molecule has 0 radical (unpaired) electrons. The summed E-state index contributed by atoms with van der Waals surface area (Å²) in [4.78, 5) is 5.39. The first-order valence-corrected chi connectivity index (χ1v) is 11.2. The molecule has 3 aromatic rings. The third-order valence-electron chi connectivity index (χ3n) is 4.19. The molecule has 0 aliphatic heterocycles. The van der Waals surface area contributed by atoms with Gasteiger partial charge in [-0.05, 0) is 57.5 Å². The van der Waals surface area contributed by atoms with E-state index in [1.165, 1.54) is 0 Å². The van der Waals surface area contributed by atoms with Crippen molar-refractivity contribution in [1.29, 1.82) is 0 Å². The monoisotopic (exact) mass is 487 g/mol. The van der Waals surface area contributed by atoms with Crippen LogP contribution in [0.25, 0.3) is 0 Å². The van der Waals surface area contributed by atoms with Crippen molar-refractivity contribution in [2.45, 2.75) is 39.9 Å². The summed E-state index contributed by atoms with van der Waals surface area (Å²) in [5, 5.41) is 4.73. The molecule has 0 saturated carbocycles. The summed E-state index contributed by atoms with van der Waals surface area (Å²) < 4.78 is 17.4. The van der Waals surface area contributed by atoms with Crippen LogP contribution < -0.4 is 14.2 Å². The number of nitrogens with zero attached hydrogens (tertiary/aromatic N) is 1. The van der Waals surface area contributed by atoms with Crippen LogP contribution in [0.15, 0.2) is 71.9 Å². The second kappa shape index (κ2) is 11.3. The Morgan fingerprint density at radius 1 is 0.818 bits per heavy atom. The van der Waals surface area contributed by atoms with Crippen LogP contribution in [0.3, 0.4) is 0 Å². The molecule has 0 fully saturated rings. The van der Waals surface area contributed by atoms with Gasteiger partial charge in [0, 0.05) is 12.1 Å². The fourth-order valence-electron chi connectivity index (χ4n) is 2.61. The van der Waals surface area contributed by atoms with Crippen molar-refractivity contribution in [2.75, 3.05) is 6.61 Å². The van der Waals surface area contributed by atoms with E-state index < -0.39 is 0 Å². The number of hydrogen-bond donors (Lipinski definition) is 0. The third kappa shape index (κ3) is 8.19. The van der Waals surface area contributed by atoms with Gasteiger partial charge in [-0.1, -0.05) is 58.7 Å². The second-order valence-electron chi connectivity index (χ2n) is 8.38. The molecule has 0 spiro atoms. The van der Waals surface area contributed by atoms with E-state index in [0.717, 1.165) is 11.3 Å². The molecule has 0 bridgehead atoms. The molecule has 33 heavy (non-hydrogen) atoms. The molecule has 3 aromatic carbocycles. The Balaban J connectivity index is 1.58. The lowest BCUT2D eigenvalue weighted by molar-refractivity contribution is 0.0000983. The minimum absolute atomic E-state index is 0.243. The molecule has 0 amide bonds. The molecule has 0 saturated heterocycles. The Labute approximate surface area is 204 Å². The van der Waals surface area contributed by atoms with Crippen molar-refractivity contribution in [1.82, 2.24) is 0 Å². The Morgan fingerprint density at radius 3 is 2.03 bits per heavy atom. The van der Waals surface area contributed by atoms with Gasteiger partial charge in [0.2, 0.25) is 0 Å². The fourth-order valence-corrected chi connectivity index (χ4v) is 3.15. The lowest BCUT2D eigenvalue weighted by Crippen LogP contribution is -2.18. The Bertz CT molecular complexity index is 1050. The van der Waals surface area contributed by atoms with Gasteiger partial charge in [-0.25, -0.2) is 0 Å². The molecule has 0 unspecified atom stereocenters. The Morgan fingerprint density at radius 2 is 1.42 bits per heavy atom. The summed E-state index contributed by atoms with van der Waals surface area (Å²) >= 11 is 12.8. The fraction of sp³-hybridized carbons (Fsp3) is 0.269. The average molecular weight is 488 g/mol. The number of halogens is 2. The van der Waals surface area contributed by atoms with Crippen LogP contribution in [-0.4, -0.2) is 17.9 Å². The molecule has 174 valence electrons. The van der Waals surface area contributed by atoms with Crippen LogP contribution in [-0.2, 0) is 11.4 Å². The first-order valence-electron chi connectivity index (χ1n) is 10.5. The summed E-state index contributed by atoms with van der Waals surface area (Å²) in [6.07, 6.45) is 0. The SMILES string of the molecule is CC(COc1cc(Cl)c(Oc2ccc(OCc3ccccc3)cc2)c(Cl)c1)=NOC(C)(C)C. The highest BCUT2D eigenvalue weighted by molar-refractivity contribution is 6.37. The smallest absolute Gasteiger partial charge is 0.164 e. The molecule has 7 heteroatoms. The summed E-state index contributed by atoms with van der Waals surface area (Å²) in [6.45, 7) is 8.33. The van der Waals surface area contributed by atoms with Gasteiger partial charge in [0.25, 0.3) is 0 Å². The Hall–Kier alpha value is -2.89. The number of hydrogen-bond acceptors (Lipinski definition) is 5. The number of ether oxygens (including phenoxy) is 3. The van der Waals surface area contributed by atoms with Gasteiger partial charge in [0.15, 0.2) is 5.75 Å². The third-order valence-corrected chi connectivity index (χ3v) is 4.75. The highest BCUT2D eigenvalue weighted by atomic mass is 35.5. The van der Waals surface area contributed by atoms with Gasteiger partial charge in [0.1, 0.15) is 36.1 Å². The maximum Gasteiger partial charge on any atom is 0.164 e. The lowest BCUT2D eigenvalue weighted by Gasteiger charge is -2.16. The van der Waals surface area contributed by atoms with Gasteiger partial charge in [0.05, 0.1) is 15.8 Å². The van der Waals surface area contributed by atoms with Gasteiger partial charge < -0.3 is 19.0 Å². The van der Waals surface area contributed by atoms with Crippen LogP contribution in [0.5, 0.6) is 23.0 Å². The lowest BCUT2D eigenvalue weighted by atomic mass is 10.2. The highest BCUT2D eigenvalue weighted by Crippen LogP contribution is 2.39. The average Bonchev–Trinajstić information content (AvgIpc) is 2.78. The van der Waals surface area contributed by atoms with Crippen molar-refractivity contribution in [3.63, 3.8) is 0 Å². The molecule has 3 rings (SSSR count). The minimum atomic E-state index is -0.362. The topological polar surface area (TPSA) is 49.3 Å². The van der Waals surface area contributed by atoms with Crippen LogP contribution >= 0.6 is 23.2 Å². The molecular weight excluding hydrogens is 461 g/mol. The van der Waals surface area contributed by atoms with Crippen molar-refractivity contribution >= 4 is 28.9 Å². The quantitative estimate of drug-likeness (QED) is 0.227. The molecule has 0 aliphatic carbocycles. The summed E-state index contributed by atoms with van der Waals surface area (Å²) in [5.41, 5.74) is 1.42. The van der Waals surface area contributed by atoms with Crippen molar-refractivity contribution < 1.29 is 19.0 Å². The zero-order valence-electron chi connectivity index (χ0n) is 19.1. The largest absolute Gasteiger partial charge is 0.489 e. The molecular formula is C26H27Cl2NO4. The molecule has 0 aromatic heterocycles. The van der Waals surface area contributed by atoms with Crippen molar-refractivity contribution in [2.24, 2.45) is 5.16 Å². The van der Waals surface area contributed by atoms with E-state index in [9.17, 15) is 0 Å². The van der Waals surface area contributed by atoms with E-state index in [1.807, 2.05) is 70.2 Å². The van der Waals surface area contributed by atoms with E-state index in [0.29, 0.717) is 39.6 Å². The van der Waals surface area contributed by atoms with Gasteiger partial charge in [-0.3, -0.25) is 0 Å². The van der Waals surface area contributed by atoms with Gasteiger partial charge >= 0.3 is 0 Å². The molecule has 0 N–H and O–H groups in total. The van der Waals surface area contributed by atoms with E-state index in [1.54, 1.807) is 24.3 Å². The van der Waals surface area contributed by atoms with E-state index in [-0.39, 0.29) is 12.2 Å². The maximum atomic E-state index is 6.40. The highest BCUT2D eigenvalue weighted by Gasteiger charge is 2.13. The second-order valence-corrected chi connectivity index (χ2v) is 9.20. The molecule has 0 heterocycles.